The van der Waals surface area contributed by atoms with Crippen LogP contribution in [0.5, 0.6) is 0 Å². The van der Waals surface area contributed by atoms with E-state index >= 15 is 0 Å². The van der Waals surface area contributed by atoms with Gasteiger partial charge in [-0.15, -0.1) is 0 Å². The van der Waals surface area contributed by atoms with Gasteiger partial charge in [-0.25, -0.2) is 0 Å². The van der Waals surface area contributed by atoms with Crippen LogP contribution in [0.25, 0.3) is 10.8 Å². The van der Waals surface area contributed by atoms with Gasteiger partial charge < -0.3 is 0 Å². The molecule has 0 bridgehead atoms. The fourth-order valence-electron chi connectivity index (χ4n) is 2.73. The van der Waals surface area contributed by atoms with Crippen LogP contribution in [-0.2, 0) is 6.42 Å². The normalized spacial score (nSPS) is 12.5. The summed E-state index contributed by atoms with van der Waals surface area (Å²) < 4.78 is 1.13. The summed E-state index contributed by atoms with van der Waals surface area (Å²) in [5.41, 5.74) is 4.02. The molecule has 0 aliphatic carbocycles. The van der Waals surface area contributed by atoms with Crippen molar-refractivity contribution in [3.05, 3.63) is 81.8 Å². The molecule has 0 spiro atoms. The molecule has 21 heavy (non-hydrogen) atoms. The molecule has 0 N–H and O–H groups in total. The minimum absolute atomic E-state index is 0.317. The van der Waals surface area contributed by atoms with E-state index in [1.54, 1.807) is 0 Å². The van der Waals surface area contributed by atoms with Crippen LogP contribution in [0.1, 0.15) is 21.5 Å². The molecule has 0 radical (unpaired) electrons. The molecule has 3 aromatic rings. The van der Waals surface area contributed by atoms with Crippen LogP contribution in [-0.4, -0.2) is 0 Å². The van der Waals surface area contributed by atoms with E-state index in [2.05, 4.69) is 99.4 Å². The second-order valence-corrected chi connectivity index (χ2v) is 7.34. The predicted octanol–water partition coefficient (Wildman–Crippen LogP) is 6.59. The number of hydrogen-bond donors (Lipinski definition) is 0. The number of benzene rings is 3. The summed E-state index contributed by atoms with van der Waals surface area (Å²) in [6.45, 7) is 2.17. The van der Waals surface area contributed by atoms with Gasteiger partial charge in [-0.3, -0.25) is 0 Å². The Bertz CT molecular complexity index is 777. The Morgan fingerprint density at radius 1 is 0.905 bits per heavy atom. The maximum absolute atomic E-state index is 3.88. The van der Waals surface area contributed by atoms with Crippen LogP contribution in [0.2, 0.25) is 0 Å². The summed E-state index contributed by atoms with van der Waals surface area (Å²) in [6.07, 6.45) is 0.979. The highest BCUT2D eigenvalue weighted by atomic mass is 79.9. The number of alkyl halides is 1. The molecule has 0 aliphatic rings. The van der Waals surface area contributed by atoms with Crippen molar-refractivity contribution < 1.29 is 0 Å². The van der Waals surface area contributed by atoms with E-state index in [0.717, 1.165) is 10.9 Å². The van der Waals surface area contributed by atoms with Gasteiger partial charge in [0.15, 0.2) is 0 Å². The number of fused-ring (bicyclic) bond motifs is 1. The lowest BCUT2D eigenvalue weighted by Crippen LogP contribution is -1.97. The van der Waals surface area contributed by atoms with Gasteiger partial charge in [-0.2, -0.15) is 0 Å². The smallest absolute Gasteiger partial charge is 0.0441 e. The molecule has 0 saturated carbocycles. The topological polar surface area (TPSA) is 0 Å². The monoisotopic (exact) mass is 402 g/mol. The Morgan fingerprint density at radius 2 is 1.67 bits per heavy atom. The minimum Gasteiger partial charge on any atom is -0.0835 e. The molecule has 1 atom stereocenters. The van der Waals surface area contributed by atoms with Gasteiger partial charge in [0.05, 0.1) is 0 Å². The molecule has 0 saturated heterocycles. The first kappa shape index (κ1) is 14.8. The standard InChI is InChI=1S/C19H16Br2/c1-13-9-10-18(17-8-3-2-7-16(13)17)19(21)12-14-5-4-6-15(20)11-14/h2-11,19H,12H2,1H3. The van der Waals surface area contributed by atoms with Crippen molar-refractivity contribution in [1.82, 2.24) is 0 Å². The van der Waals surface area contributed by atoms with E-state index in [1.807, 2.05) is 0 Å². The van der Waals surface area contributed by atoms with Crippen molar-refractivity contribution in [3.8, 4) is 0 Å². The summed E-state index contributed by atoms with van der Waals surface area (Å²) in [6, 6.07) is 21.6. The van der Waals surface area contributed by atoms with Crippen molar-refractivity contribution in [1.29, 1.82) is 0 Å². The Labute approximate surface area is 142 Å². The van der Waals surface area contributed by atoms with E-state index in [4.69, 9.17) is 0 Å². The maximum Gasteiger partial charge on any atom is 0.0441 e. The average Bonchev–Trinajstić information content (AvgIpc) is 2.48. The third kappa shape index (κ3) is 3.22. The minimum atomic E-state index is 0.317. The quantitative estimate of drug-likeness (QED) is 0.432. The zero-order valence-electron chi connectivity index (χ0n) is 11.8. The fourth-order valence-corrected chi connectivity index (χ4v) is 3.95. The summed E-state index contributed by atoms with van der Waals surface area (Å²) in [7, 11) is 0. The molecule has 2 heteroatoms. The lowest BCUT2D eigenvalue weighted by molar-refractivity contribution is 0.956. The lowest BCUT2D eigenvalue weighted by atomic mass is 9.96. The van der Waals surface area contributed by atoms with Crippen molar-refractivity contribution in [2.24, 2.45) is 0 Å². The molecular weight excluding hydrogens is 388 g/mol. The first-order chi connectivity index (χ1) is 10.1. The first-order valence-electron chi connectivity index (χ1n) is 7.02. The largest absolute Gasteiger partial charge is 0.0835 e. The summed E-state index contributed by atoms with van der Waals surface area (Å²) in [5, 5.41) is 2.68. The summed E-state index contributed by atoms with van der Waals surface area (Å²) in [4.78, 5) is 0.317. The number of aryl methyl sites for hydroxylation is 1. The van der Waals surface area contributed by atoms with Crippen molar-refractivity contribution in [2.45, 2.75) is 18.2 Å². The Morgan fingerprint density at radius 3 is 2.43 bits per heavy atom. The van der Waals surface area contributed by atoms with E-state index in [-0.39, 0.29) is 0 Å². The van der Waals surface area contributed by atoms with Gasteiger partial charge in [0.25, 0.3) is 0 Å². The molecule has 0 aliphatic heterocycles. The van der Waals surface area contributed by atoms with Gasteiger partial charge in [0.2, 0.25) is 0 Å². The zero-order valence-corrected chi connectivity index (χ0v) is 15.0. The van der Waals surface area contributed by atoms with Gasteiger partial charge in [0, 0.05) is 9.30 Å². The van der Waals surface area contributed by atoms with Gasteiger partial charge in [-0.05, 0) is 52.9 Å². The highest BCUT2D eigenvalue weighted by Crippen LogP contribution is 2.34. The number of rotatable bonds is 3. The van der Waals surface area contributed by atoms with E-state index in [0.29, 0.717) is 4.83 Å². The van der Waals surface area contributed by atoms with Crippen molar-refractivity contribution >= 4 is 42.6 Å². The predicted molar refractivity (Wildman–Crippen MR) is 98.2 cm³/mol. The van der Waals surface area contributed by atoms with Crippen LogP contribution in [0.4, 0.5) is 0 Å². The Balaban J connectivity index is 1.98. The highest BCUT2D eigenvalue weighted by Gasteiger charge is 2.13. The number of hydrogen-bond acceptors (Lipinski definition) is 0. The van der Waals surface area contributed by atoms with Crippen molar-refractivity contribution in [2.75, 3.05) is 0 Å². The molecule has 0 nitrogen and oxygen atoms in total. The fraction of sp³-hybridized carbons (Fsp3) is 0.158. The van der Waals surface area contributed by atoms with Gasteiger partial charge in [-0.1, -0.05) is 80.4 Å². The molecule has 0 amide bonds. The van der Waals surface area contributed by atoms with Crippen LogP contribution < -0.4 is 0 Å². The van der Waals surface area contributed by atoms with Crippen LogP contribution in [0.3, 0.4) is 0 Å². The highest BCUT2D eigenvalue weighted by molar-refractivity contribution is 9.10. The summed E-state index contributed by atoms with van der Waals surface area (Å²) in [5.74, 6) is 0. The second-order valence-electron chi connectivity index (χ2n) is 5.32. The van der Waals surface area contributed by atoms with E-state index in [1.165, 1.54) is 27.5 Å². The molecule has 0 fully saturated rings. The Kier molecular flexibility index (Phi) is 4.46. The maximum atomic E-state index is 3.88. The zero-order chi connectivity index (χ0) is 14.8. The average molecular weight is 404 g/mol. The van der Waals surface area contributed by atoms with Crippen molar-refractivity contribution in [3.63, 3.8) is 0 Å². The molecule has 3 rings (SSSR count). The molecule has 0 aromatic heterocycles. The second kappa shape index (κ2) is 6.33. The SMILES string of the molecule is Cc1ccc(C(Br)Cc2cccc(Br)c2)c2ccccc12. The molecule has 3 aromatic carbocycles. The van der Waals surface area contributed by atoms with Gasteiger partial charge in [0.1, 0.15) is 0 Å². The molecular formula is C19H16Br2. The lowest BCUT2D eigenvalue weighted by Gasteiger charge is -2.15. The van der Waals surface area contributed by atoms with E-state index in [9.17, 15) is 0 Å². The van der Waals surface area contributed by atoms with Gasteiger partial charge >= 0.3 is 0 Å². The van der Waals surface area contributed by atoms with Crippen LogP contribution in [0.15, 0.2) is 65.1 Å². The van der Waals surface area contributed by atoms with Crippen LogP contribution in [0, 0.1) is 6.92 Å². The summed E-state index contributed by atoms with van der Waals surface area (Å²) >= 11 is 7.42. The molecule has 0 heterocycles. The van der Waals surface area contributed by atoms with E-state index < -0.39 is 0 Å². The first-order valence-corrected chi connectivity index (χ1v) is 8.73. The number of halogens is 2. The third-order valence-corrected chi connectivity index (χ3v) is 5.13. The third-order valence-electron chi connectivity index (χ3n) is 3.82. The van der Waals surface area contributed by atoms with Crippen LogP contribution >= 0.6 is 31.9 Å². The molecule has 1 unspecified atom stereocenters. The Hall–Kier alpha value is -1.12. The molecule has 106 valence electrons.